The topological polar surface area (TPSA) is 89.4 Å². The summed E-state index contributed by atoms with van der Waals surface area (Å²) in [5.74, 6) is 0.456. The molecule has 2 amide bonds. The monoisotopic (exact) mass is 393 g/mol. The molecule has 8 nitrogen and oxygen atoms in total. The van der Waals surface area contributed by atoms with Crippen LogP contribution in [0.15, 0.2) is 48.5 Å². The number of anilines is 1. The van der Waals surface area contributed by atoms with Crippen molar-refractivity contribution in [3.63, 3.8) is 0 Å². The second-order valence-corrected chi connectivity index (χ2v) is 7.08. The molecule has 4 rings (SSSR count). The summed E-state index contributed by atoms with van der Waals surface area (Å²) in [5.41, 5.74) is 2.27. The number of ether oxygens (including phenoxy) is 1. The molecule has 1 saturated heterocycles. The molecule has 2 heterocycles. The fourth-order valence-electron chi connectivity index (χ4n) is 3.64. The van der Waals surface area contributed by atoms with E-state index in [2.05, 4.69) is 15.6 Å². The number of piperidine rings is 1. The highest BCUT2D eigenvalue weighted by Crippen LogP contribution is 2.26. The van der Waals surface area contributed by atoms with Gasteiger partial charge in [0.05, 0.1) is 18.3 Å². The zero-order valence-corrected chi connectivity index (χ0v) is 16.2. The van der Waals surface area contributed by atoms with Gasteiger partial charge >= 0.3 is 0 Å². The minimum absolute atomic E-state index is 0.00996. The number of fused-ring (bicyclic) bond motifs is 1. The van der Waals surface area contributed by atoms with Crippen molar-refractivity contribution in [3.05, 3.63) is 48.5 Å². The molecular weight excluding hydrogens is 370 g/mol. The predicted octanol–water partition coefficient (Wildman–Crippen LogP) is 2.32. The van der Waals surface area contributed by atoms with E-state index in [9.17, 15) is 9.59 Å². The second kappa shape index (κ2) is 8.30. The maximum Gasteiger partial charge on any atom is 0.244 e. The molecule has 1 aromatic heterocycles. The standard InChI is InChI=1S/C21H23N5O3/c1-29-19-9-5-3-7-17(19)22-21(28)15-10-12-25(13-11-15)20(27)14-26-18-8-4-2-6-16(18)23-24-26/h2-9,15H,10-14H2,1H3,(H,22,28). The molecule has 2 aromatic carbocycles. The van der Waals surface area contributed by atoms with E-state index in [-0.39, 0.29) is 24.3 Å². The summed E-state index contributed by atoms with van der Waals surface area (Å²) in [6.45, 7) is 1.25. The average molecular weight is 393 g/mol. The van der Waals surface area contributed by atoms with E-state index in [0.29, 0.717) is 37.4 Å². The van der Waals surface area contributed by atoms with Crippen LogP contribution in [0.5, 0.6) is 5.75 Å². The lowest BCUT2D eigenvalue weighted by Crippen LogP contribution is -2.42. The quantitative estimate of drug-likeness (QED) is 0.719. The van der Waals surface area contributed by atoms with Crippen molar-refractivity contribution in [2.45, 2.75) is 19.4 Å². The van der Waals surface area contributed by atoms with Gasteiger partial charge in [-0.25, -0.2) is 4.68 Å². The van der Waals surface area contributed by atoms with Crippen molar-refractivity contribution < 1.29 is 14.3 Å². The van der Waals surface area contributed by atoms with Gasteiger partial charge in [-0.15, -0.1) is 5.10 Å². The Morgan fingerprint density at radius 2 is 1.83 bits per heavy atom. The molecule has 150 valence electrons. The lowest BCUT2D eigenvalue weighted by Gasteiger charge is -2.31. The maximum absolute atomic E-state index is 12.7. The summed E-state index contributed by atoms with van der Waals surface area (Å²) in [6.07, 6.45) is 1.26. The highest BCUT2D eigenvalue weighted by atomic mass is 16.5. The second-order valence-electron chi connectivity index (χ2n) is 7.08. The van der Waals surface area contributed by atoms with Gasteiger partial charge in [0, 0.05) is 19.0 Å². The van der Waals surface area contributed by atoms with Crippen molar-refractivity contribution in [1.82, 2.24) is 19.9 Å². The number of nitrogens with one attached hydrogen (secondary N) is 1. The molecule has 0 unspecified atom stereocenters. The van der Waals surface area contributed by atoms with Gasteiger partial charge < -0.3 is 15.0 Å². The van der Waals surface area contributed by atoms with Crippen LogP contribution < -0.4 is 10.1 Å². The Morgan fingerprint density at radius 1 is 1.10 bits per heavy atom. The predicted molar refractivity (Wildman–Crippen MR) is 108 cm³/mol. The van der Waals surface area contributed by atoms with Crippen LogP contribution in [0.3, 0.4) is 0 Å². The number of hydrogen-bond donors (Lipinski definition) is 1. The lowest BCUT2D eigenvalue weighted by atomic mass is 9.95. The first kappa shape index (κ1) is 18.9. The number of hydrogen-bond acceptors (Lipinski definition) is 5. The van der Waals surface area contributed by atoms with Crippen LogP contribution in [0.2, 0.25) is 0 Å². The number of carbonyl (C=O) groups excluding carboxylic acids is 2. The van der Waals surface area contributed by atoms with Crippen molar-refractivity contribution in [3.8, 4) is 5.75 Å². The first-order chi connectivity index (χ1) is 14.2. The van der Waals surface area contributed by atoms with E-state index < -0.39 is 0 Å². The molecule has 0 aliphatic carbocycles. The Bertz CT molecular complexity index is 1020. The average Bonchev–Trinajstić information content (AvgIpc) is 3.17. The van der Waals surface area contributed by atoms with Gasteiger partial charge in [0.15, 0.2) is 0 Å². The molecule has 0 spiro atoms. The smallest absolute Gasteiger partial charge is 0.244 e. The summed E-state index contributed by atoms with van der Waals surface area (Å²) >= 11 is 0. The Morgan fingerprint density at radius 3 is 2.62 bits per heavy atom. The normalized spacial score (nSPS) is 14.7. The third kappa shape index (κ3) is 4.06. The number of methoxy groups -OCH3 is 1. The minimum Gasteiger partial charge on any atom is -0.495 e. The van der Waals surface area contributed by atoms with E-state index >= 15 is 0 Å². The molecule has 1 N–H and O–H groups in total. The van der Waals surface area contributed by atoms with Crippen molar-refractivity contribution >= 4 is 28.5 Å². The molecule has 3 aromatic rings. The molecule has 29 heavy (non-hydrogen) atoms. The van der Waals surface area contributed by atoms with Crippen LogP contribution in [0.25, 0.3) is 11.0 Å². The molecule has 1 fully saturated rings. The largest absolute Gasteiger partial charge is 0.495 e. The van der Waals surface area contributed by atoms with Gasteiger partial charge in [-0.05, 0) is 37.1 Å². The first-order valence-electron chi connectivity index (χ1n) is 9.65. The Hall–Kier alpha value is -3.42. The third-order valence-corrected chi connectivity index (χ3v) is 5.29. The molecule has 0 atom stereocenters. The van der Waals surface area contributed by atoms with Gasteiger partial charge in [0.2, 0.25) is 11.8 Å². The van der Waals surface area contributed by atoms with E-state index in [1.54, 1.807) is 16.7 Å². The van der Waals surface area contributed by atoms with Gasteiger partial charge in [0.1, 0.15) is 17.8 Å². The zero-order chi connectivity index (χ0) is 20.2. The van der Waals surface area contributed by atoms with Crippen molar-refractivity contribution in [2.75, 3.05) is 25.5 Å². The van der Waals surface area contributed by atoms with Crippen LogP contribution >= 0.6 is 0 Å². The van der Waals surface area contributed by atoms with E-state index in [1.807, 2.05) is 48.5 Å². The molecule has 0 radical (unpaired) electrons. The fourth-order valence-corrected chi connectivity index (χ4v) is 3.64. The first-order valence-corrected chi connectivity index (χ1v) is 9.65. The number of benzene rings is 2. The van der Waals surface area contributed by atoms with Crippen molar-refractivity contribution in [1.29, 1.82) is 0 Å². The van der Waals surface area contributed by atoms with Crippen LogP contribution in [0, 0.1) is 5.92 Å². The lowest BCUT2D eigenvalue weighted by molar-refractivity contribution is -0.135. The SMILES string of the molecule is COc1ccccc1NC(=O)C1CCN(C(=O)Cn2nnc3ccccc32)CC1. The third-order valence-electron chi connectivity index (χ3n) is 5.29. The van der Waals surface area contributed by atoms with Gasteiger partial charge in [-0.3, -0.25) is 9.59 Å². The van der Waals surface area contributed by atoms with Gasteiger partial charge in [-0.1, -0.05) is 29.5 Å². The summed E-state index contributed by atoms with van der Waals surface area (Å²) < 4.78 is 6.90. The number of rotatable bonds is 5. The van der Waals surface area contributed by atoms with Crippen molar-refractivity contribution in [2.24, 2.45) is 5.92 Å². The van der Waals surface area contributed by atoms with Gasteiger partial charge in [0.25, 0.3) is 0 Å². The Labute approximate surface area is 168 Å². The highest BCUT2D eigenvalue weighted by molar-refractivity contribution is 5.94. The van der Waals surface area contributed by atoms with Crippen LogP contribution in [0.1, 0.15) is 12.8 Å². The summed E-state index contributed by atoms with van der Waals surface area (Å²) in [4.78, 5) is 27.1. The number of amides is 2. The maximum atomic E-state index is 12.7. The van der Waals surface area contributed by atoms with Crippen LogP contribution in [-0.4, -0.2) is 51.9 Å². The summed E-state index contributed by atoms with van der Waals surface area (Å²) in [6, 6.07) is 14.9. The van der Waals surface area contributed by atoms with Crippen LogP contribution in [0.4, 0.5) is 5.69 Å². The number of carbonyl (C=O) groups is 2. The molecule has 8 heteroatoms. The molecule has 1 aliphatic heterocycles. The highest BCUT2D eigenvalue weighted by Gasteiger charge is 2.28. The summed E-state index contributed by atoms with van der Waals surface area (Å²) in [7, 11) is 1.58. The van der Waals surface area contributed by atoms with E-state index in [4.69, 9.17) is 4.74 Å². The van der Waals surface area contributed by atoms with Crippen LogP contribution in [-0.2, 0) is 16.1 Å². The number of nitrogens with zero attached hydrogens (tertiary/aromatic N) is 4. The molecular formula is C21H23N5O3. The van der Waals surface area contributed by atoms with Gasteiger partial charge in [-0.2, -0.15) is 0 Å². The zero-order valence-electron chi connectivity index (χ0n) is 16.2. The number of likely N-dealkylation sites (tertiary alicyclic amines) is 1. The number of para-hydroxylation sites is 3. The Balaban J connectivity index is 1.33. The minimum atomic E-state index is -0.129. The molecule has 1 aliphatic rings. The molecule has 0 bridgehead atoms. The summed E-state index contributed by atoms with van der Waals surface area (Å²) in [5, 5.41) is 11.1. The molecule has 0 saturated carbocycles. The Kier molecular flexibility index (Phi) is 5.41. The van der Waals surface area contributed by atoms with E-state index in [0.717, 1.165) is 11.0 Å². The fraction of sp³-hybridized carbons (Fsp3) is 0.333. The number of aromatic nitrogens is 3. The van der Waals surface area contributed by atoms with E-state index in [1.165, 1.54) is 0 Å².